The minimum atomic E-state index is -1.09. The fraction of sp³-hybridized carbons (Fsp3) is 0.444. The summed E-state index contributed by atoms with van der Waals surface area (Å²) in [6.45, 7) is 1.32. The number of carboxylic acids is 1. The van der Waals surface area contributed by atoms with Crippen molar-refractivity contribution < 1.29 is 29.0 Å². The molecule has 1 heterocycles. The molecule has 1 saturated heterocycles. The number of alkyl carbamates (subject to hydrolysis) is 1. The van der Waals surface area contributed by atoms with Gasteiger partial charge in [0.15, 0.2) is 0 Å². The number of carboxylic acid groups (broad SMARTS) is 1. The summed E-state index contributed by atoms with van der Waals surface area (Å²) in [7, 11) is 1.68. The monoisotopic (exact) mass is 480 g/mol. The Morgan fingerprint density at radius 3 is 2.23 bits per heavy atom. The predicted octanol–water partition coefficient (Wildman–Crippen LogP) is 3.79. The van der Waals surface area contributed by atoms with Crippen molar-refractivity contribution in [3.05, 3.63) is 59.7 Å². The normalized spacial score (nSPS) is 16.1. The molecule has 8 heteroatoms. The first-order valence-electron chi connectivity index (χ1n) is 12.1. The first kappa shape index (κ1) is 24.7. The summed E-state index contributed by atoms with van der Waals surface area (Å²) in [5, 5.41) is 11.7. The fourth-order valence-electron chi connectivity index (χ4n) is 5.03. The van der Waals surface area contributed by atoms with Gasteiger partial charge in [0.2, 0.25) is 5.91 Å². The van der Waals surface area contributed by atoms with Crippen molar-refractivity contribution in [2.75, 3.05) is 33.4 Å². The minimum absolute atomic E-state index is 0.0635. The average Bonchev–Trinajstić information content (AvgIpc) is 3.19. The second-order valence-corrected chi connectivity index (χ2v) is 9.22. The van der Waals surface area contributed by atoms with Gasteiger partial charge in [0.05, 0.1) is 0 Å². The highest BCUT2D eigenvalue weighted by molar-refractivity contribution is 5.90. The Morgan fingerprint density at radius 2 is 1.63 bits per heavy atom. The van der Waals surface area contributed by atoms with Crippen LogP contribution in [0.1, 0.15) is 49.1 Å². The van der Waals surface area contributed by atoms with Crippen LogP contribution in [0, 0.1) is 0 Å². The third kappa shape index (κ3) is 5.48. The van der Waals surface area contributed by atoms with Crippen LogP contribution in [-0.2, 0) is 19.1 Å². The summed E-state index contributed by atoms with van der Waals surface area (Å²) >= 11 is 0. The summed E-state index contributed by atoms with van der Waals surface area (Å²) in [6.07, 6.45) is 1.22. The Balaban J connectivity index is 1.40. The zero-order valence-electron chi connectivity index (χ0n) is 20.0. The van der Waals surface area contributed by atoms with Gasteiger partial charge >= 0.3 is 12.1 Å². The van der Waals surface area contributed by atoms with Crippen LogP contribution in [0.15, 0.2) is 48.5 Å². The zero-order chi connectivity index (χ0) is 24.8. The number of unbranched alkanes of at least 4 members (excludes halogenated alkanes) is 1. The maximum atomic E-state index is 13.4. The molecule has 0 spiro atoms. The highest BCUT2D eigenvalue weighted by Gasteiger charge is 2.43. The molecule has 2 aromatic rings. The van der Waals surface area contributed by atoms with E-state index in [4.69, 9.17) is 14.6 Å². The molecule has 0 bridgehead atoms. The molecular formula is C27H32N2O6. The summed E-state index contributed by atoms with van der Waals surface area (Å²) in [5.74, 6) is -1.12. The van der Waals surface area contributed by atoms with Crippen LogP contribution in [0.5, 0.6) is 0 Å². The lowest BCUT2D eigenvalue weighted by Gasteiger charge is -2.38. The number of rotatable bonds is 9. The minimum Gasteiger partial charge on any atom is -0.481 e. The van der Waals surface area contributed by atoms with Gasteiger partial charge in [0.1, 0.15) is 12.1 Å². The smallest absolute Gasteiger partial charge is 0.408 e. The molecule has 2 aliphatic rings. The molecular weight excluding hydrogens is 448 g/mol. The second-order valence-electron chi connectivity index (χ2n) is 9.22. The molecule has 0 saturated carbocycles. The molecule has 0 radical (unpaired) electrons. The number of fused-ring (bicyclic) bond motifs is 3. The largest absolute Gasteiger partial charge is 0.481 e. The van der Waals surface area contributed by atoms with Crippen molar-refractivity contribution in [2.45, 2.75) is 43.6 Å². The van der Waals surface area contributed by atoms with E-state index in [1.165, 1.54) is 0 Å². The van der Waals surface area contributed by atoms with Crippen LogP contribution >= 0.6 is 0 Å². The topological polar surface area (TPSA) is 105 Å². The Bertz CT molecular complexity index is 1030. The number of likely N-dealkylation sites (N-methyl/N-ethyl adjacent to an activating group) is 1. The SMILES string of the molecule is CN(CCCCC(=O)O)C(=O)C1(NC(=O)OCC2c3ccccc3-c3ccccc32)CCOCC1. The number of hydrogen-bond donors (Lipinski definition) is 2. The number of hydrogen-bond acceptors (Lipinski definition) is 5. The van der Waals surface area contributed by atoms with E-state index < -0.39 is 17.6 Å². The van der Waals surface area contributed by atoms with Gasteiger partial charge in [-0.1, -0.05) is 48.5 Å². The van der Waals surface area contributed by atoms with Crippen LogP contribution < -0.4 is 5.32 Å². The van der Waals surface area contributed by atoms with Crippen molar-refractivity contribution in [3.63, 3.8) is 0 Å². The average molecular weight is 481 g/mol. The van der Waals surface area contributed by atoms with E-state index in [2.05, 4.69) is 29.6 Å². The van der Waals surface area contributed by atoms with E-state index in [1.807, 2.05) is 24.3 Å². The van der Waals surface area contributed by atoms with E-state index in [-0.39, 0.29) is 24.9 Å². The third-order valence-electron chi connectivity index (χ3n) is 6.92. The highest BCUT2D eigenvalue weighted by Crippen LogP contribution is 2.44. The zero-order valence-corrected chi connectivity index (χ0v) is 20.0. The van der Waals surface area contributed by atoms with E-state index >= 15 is 0 Å². The molecule has 4 rings (SSSR count). The van der Waals surface area contributed by atoms with E-state index in [0.717, 1.165) is 22.3 Å². The van der Waals surface area contributed by atoms with Gasteiger partial charge in [-0.3, -0.25) is 9.59 Å². The molecule has 35 heavy (non-hydrogen) atoms. The molecule has 1 aliphatic carbocycles. The summed E-state index contributed by atoms with van der Waals surface area (Å²) in [4.78, 5) is 38.6. The second kappa shape index (κ2) is 10.9. The Labute approximate surface area is 205 Å². The van der Waals surface area contributed by atoms with Gasteiger partial charge in [-0.2, -0.15) is 0 Å². The standard InChI is InChI=1S/C27H32N2O6/c1-29(15-7-6-12-24(30)31)25(32)27(13-16-34-17-14-27)28-26(33)35-18-23-21-10-4-2-8-19(21)20-9-3-5-11-22(20)23/h2-5,8-11,23H,6-7,12-18H2,1H3,(H,28,33)(H,30,31). The number of amides is 2. The number of aliphatic carboxylic acids is 1. The van der Waals surface area contributed by atoms with Gasteiger partial charge < -0.3 is 24.8 Å². The molecule has 0 atom stereocenters. The Kier molecular flexibility index (Phi) is 7.70. The van der Waals surface area contributed by atoms with Crippen molar-refractivity contribution >= 4 is 18.0 Å². The quantitative estimate of drug-likeness (QED) is 0.529. The first-order valence-corrected chi connectivity index (χ1v) is 12.1. The molecule has 8 nitrogen and oxygen atoms in total. The third-order valence-corrected chi connectivity index (χ3v) is 6.92. The summed E-state index contributed by atoms with van der Waals surface area (Å²) in [6, 6.07) is 16.3. The lowest BCUT2D eigenvalue weighted by molar-refractivity contribution is -0.141. The maximum Gasteiger partial charge on any atom is 0.408 e. The van der Waals surface area contributed by atoms with Gasteiger partial charge in [-0.15, -0.1) is 0 Å². The number of nitrogens with one attached hydrogen (secondary N) is 1. The number of carbonyl (C=O) groups is 3. The van der Waals surface area contributed by atoms with E-state index in [1.54, 1.807) is 11.9 Å². The molecule has 2 aromatic carbocycles. The highest BCUT2D eigenvalue weighted by atomic mass is 16.5. The summed E-state index contributed by atoms with van der Waals surface area (Å²) < 4.78 is 11.1. The van der Waals surface area contributed by atoms with Crippen molar-refractivity contribution in [1.29, 1.82) is 0 Å². The van der Waals surface area contributed by atoms with E-state index in [0.29, 0.717) is 45.4 Å². The van der Waals surface area contributed by atoms with Gasteiger partial charge in [-0.25, -0.2) is 4.79 Å². The molecule has 1 fully saturated rings. The molecule has 0 unspecified atom stereocenters. The van der Waals surface area contributed by atoms with Gasteiger partial charge in [-0.05, 0) is 35.1 Å². The van der Waals surface area contributed by atoms with Gasteiger partial charge in [0, 0.05) is 52.0 Å². The lowest BCUT2D eigenvalue weighted by atomic mass is 9.88. The summed E-state index contributed by atoms with van der Waals surface area (Å²) in [5.41, 5.74) is 3.46. The van der Waals surface area contributed by atoms with Crippen LogP contribution in [0.2, 0.25) is 0 Å². The first-order chi connectivity index (χ1) is 16.9. The van der Waals surface area contributed by atoms with E-state index in [9.17, 15) is 14.4 Å². The number of carbonyl (C=O) groups excluding carboxylic acids is 2. The number of nitrogens with zero attached hydrogens (tertiary/aromatic N) is 1. The van der Waals surface area contributed by atoms with Crippen LogP contribution in [-0.4, -0.2) is 66.9 Å². The predicted molar refractivity (Wildman–Crippen MR) is 130 cm³/mol. The number of ether oxygens (including phenoxy) is 2. The Morgan fingerprint density at radius 1 is 1.03 bits per heavy atom. The van der Waals surface area contributed by atoms with Crippen LogP contribution in [0.25, 0.3) is 11.1 Å². The maximum absolute atomic E-state index is 13.4. The van der Waals surface area contributed by atoms with Crippen molar-refractivity contribution in [3.8, 4) is 11.1 Å². The number of benzene rings is 2. The molecule has 2 N–H and O–H groups in total. The molecule has 0 aromatic heterocycles. The van der Waals surface area contributed by atoms with Gasteiger partial charge in [0.25, 0.3) is 0 Å². The van der Waals surface area contributed by atoms with Crippen LogP contribution in [0.4, 0.5) is 4.79 Å². The Hall–Kier alpha value is -3.39. The molecule has 2 amide bonds. The van der Waals surface area contributed by atoms with Crippen molar-refractivity contribution in [1.82, 2.24) is 10.2 Å². The van der Waals surface area contributed by atoms with Crippen molar-refractivity contribution in [2.24, 2.45) is 0 Å². The lowest BCUT2D eigenvalue weighted by Crippen LogP contribution is -2.61. The fourth-order valence-corrected chi connectivity index (χ4v) is 5.03. The van der Waals surface area contributed by atoms with Crippen LogP contribution in [0.3, 0.4) is 0 Å². The molecule has 1 aliphatic heterocycles. The molecule has 186 valence electrons.